The van der Waals surface area contributed by atoms with Crippen molar-refractivity contribution in [2.75, 3.05) is 13.2 Å². The molecule has 3 rings (SSSR count). The quantitative estimate of drug-likeness (QED) is 0.919. The molecule has 2 aromatic rings. The number of benzene rings is 2. The van der Waals surface area contributed by atoms with Crippen LogP contribution >= 0.6 is 11.6 Å². The average molecular weight is 350 g/mol. The molecule has 0 radical (unpaired) electrons. The monoisotopic (exact) mass is 349 g/mol. The molecule has 1 aliphatic heterocycles. The average Bonchev–Trinajstić information content (AvgIpc) is 2.81. The van der Waals surface area contributed by atoms with Crippen molar-refractivity contribution in [2.45, 2.75) is 19.4 Å². The number of hydrogen-bond acceptors (Lipinski definition) is 3. The van der Waals surface area contributed by atoms with Gasteiger partial charge in [0, 0.05) is 13.0 Å². The topological polar surface area (TPSA) is 47.6 Å². The first-order valence-corrected chi connectivity index (χ1v) is 8.09. The van der Waals surface area contributed by atoms with Gasteiger partial charge in [-0.15, -0.1) is 0 Å². The minimum Gasteiger partial charge on any atom is -0.489 e. The molecule has 126 valence electrons. The Morgan fingerprint density at radius 2 is 1.88 bits per heavy atom. The third-order valence-electron chi connectivity index (χ3n) is 3.63. The van der Waals surface area contributed by atoms with Gasteiger partial charge in [-0.2, -0.15) is 0 Å². The SMILES string of the molecule is O=C(Cc1ccc(F)cc1)NCc1cc(Cl)c2c(c1)OCCCO2. The van der Waals surface area contributed by atoms with Crippen LogP contribution in [0.25, 0.3) is 0 Å². The highest BCUT2D eigenvalue weighted by Crippen LogP contribution is 2.37. The molecular formula is C18H17ClFNO3. The van der Waals surface area contributed by atoms with Gasteiger partial charge in [0.15, 0.2) is 11.5 Å². The van der Waals surface area contributed by atoms with E-state index < -0.39 is 0 Å². The number of nitrogens with one attached hydrogen (secondary N) is 1. The van der Waals surface area contributed by atoms with Crippen LogP contribution in [-0.4, -0.2) is 19.1 Å². The highest BCUT2D eigenvalue weighted by molar-refractivity contribution is 6.32. The first kappa shape index (κ1) is 16.6. The van der Waals surface area contributed by atoms with Gasteiger partial charge in [0.1, 0.15) is 5.82 Å². The van der Waals surface area contributed by atoms with Gasteiger partial charge < -0.3 is 14.8 Å². The van der Waals surface area contributed by atoms with Gasteiger partial charge >= 0.3 is 0 Å². The zero-order valence-electron chi connectivity index (χ0n) is 13.0. The van der Waals surface area contributed by atoms with Crippen molar-refractivity contribution in [3.05, 3.63) is 58.4 Å². The molecule has 0 aromatic heterocycles. The molecule has 1 amide bonds. The van der Waals surface area contributed by atoms with Crippen molar-refractivity contribution in [1.29, 1.82) is 0 Å². The largest absolute Gasteiger partial charge is 0.489 e. The van der Waals surface area contributed by atoms with Crippen molar-refractivity contribution in [3.63, 3.8) is 0 Å². The molecule has 24 heavy (non-hydrogen) atoms. The van der Waals surface area contributed by atoms with Crippen LogP contribution < -0.4 is 14.8 Å². The van der Waals surface area contributed by atoms with E-state index in [-0.39, 0.29) is 18.1 Å². The Morgan fingerprint density at radius 1 is 1.12 bits per heavy atom. The van der Waals surface area contributed by atoms with Gasteiger partial charge in [-0.05, 0) is 35.4 Å². The van der Waals surface area contributed by atoms with Gasteiger partial charge in [-0.1, -0.05) is 23.7 Å². The van der Waals surface area contributed by atoms with E-state index in [9.17, 15) is 9.18 Å². The van der Waals surface area contributed by atoms with Crippen LogP contribution in [0.15, 0.2) is 36.4 Å². The molecule has 0 saturated heterocycles. The Morgan fingerprint density at radius 3 is 2.67 bits per heavy atom. The third kappa shape index (κ3) is 4.17. The summed E-state index contributed by atoms with van der Waals surface area (Å²) < 4.78 is 24.1. The zero-order valence-corrected chi connectivity index (χ0v) is 13.7. The summed E-state index contributed by atoms with van der Waals surface area (Å²) in [6.45, 7) is 1.47. The predicted octanol–water partition coefficient (Wildman–Crippen LogP) is 3.50. The van der Waals surface area contributed by atoms with Gasteiger partial charge in [-0.25, -0.2) is 4.39 Å². The maximum atomic E-state index is 12.9. The minimum absolute atomic E-state index is 0.148. The normalized spacial score (nSPS) is 13.2. The fourth-order valence-electron chi connectivity index (χ4n) is 2.44. The summed E-state index contributed by atoms with van der Waals surface area (Å²) in [7, 11) is 0. The second-order valence-electron chi connectivity index (χ2n) is 5.54. The third-order valence-corrected chi connectivity index (χ3v) is 3.91. The first-order chi connectivity index (χ1) is 11.6. The summed E-state index contributed by atoms with van der Waals surface area (Å²) in [6.07, 6.45) is 0.993. The molecular weight excluding hydrogens is 333 g/mol. The fraction of sp³-hybridized carbons (Fsp3) is 0.278. The second kappa shape index (κ2) is 7.53. The number of ether oxygens (including phenoxy) is 2. The summed E-state index contributed by atoms with van der Waals surface area (Å²) in [5.41, 5.74) is 1.59. The van der Waals surface area contributed by atoms with Gasteiger partial charge in [0.25, 0.3) is 0 Å². The molecule has 0 saturated carbocycles. The number of rotatable bonds is 4. The Kier molecular flexibility index (Phi) is 5.20. The number of amides is 1. The van der Waals surface area contributed by atoms with Crippen LogP contribution in [0.2, 0.25) is 5.02 Å². The van der Waals surface area contributed by atoms with Crippen LogP contribution in [-0.2, 0) is 17.8 Å². The van der Waals surface area contributed by atoms with Crippen molar-refractivity contribution >= 4 is 17.5 Å². The lowest BCUT2D eigenvalue weighted by atomic mass is 10.1. The second-order valence-corrected chi connectivity index (χ2v) is 5.94. The molecule has 0 spiro atoms. The van der Waals surface area contributed by atoms with Crippen LogP contribution in [0.5, 0.6) is 11.5 Å². The number of hydrogen-bond donors (Lipinski definition) is 1. The molecule has 1 aliphatic rings. The maximum Gasteiger partial charge on any atom is 0.224 e. The fourth-order valence-corrected chi connectivity index (χ4v) is 2.72. The van der Waals surface area contributed by atoms with Crippen LogP contribution in [0.3, 0.4) is 0 Å². The lowest BCUT2D eigenvalue weighted by Crippen LogP contribution is -2.24. The lowest BCUT2D eigenvalue weighted by molar-refractivity contribution is -0.120. The smallest absolute Gasteiger partial charge is 0.224 e. The Bertz CT molecular complexity index is 734. The summed E-state index contributed by atoms with van der Waals surface area (Å²) in [6, 6.07) is 9.45. The van der Waals surface area contributed by atoms with Gasteiger partial charge in [0.2, 0.25) is 5.91 Å². The van der Waals surface area contributed by atoms with E-state index in [0.717, 1.165) is 17.5 Å². The zero-order chi connectivity index (χ0) is 16.9. The summed E-state index contributed by atoms with van der Waals surface area (Å²) in [4.78, 5) is 12.0. The number of carbonyl (C=O) groups excluding carboxylic acids is 1. The van der Waals surface area contributed by atoms with E-state index in [2.05, 4.69) is 5.32 Å². The lowest BCUT2D eigenvalue weighted by Gasteiger charge is -2.12. The Balaban J connectivity index is 1.62. The molecule has 2 aromatic carbocycles. The molecule has 0 fully saturated rings. The van der Waals surface area contributed by atoms with Crippen molar-refractivity contribution in [3.8, 4) is 11.5 Å². The summed E-state index contributed by atoms with van der Waals surface area (Å²) >= 11 is 6.23. The highest BCUT2D eigenvalue weighted by Gasteiger charge is 2.16. The van der Waals surface area contributed by atoms with E-state index in [1.54, 1.807) is 18.2 Å². The summed E-state index contributed by atoms with van der Waals surface area (Å²) in [5.74, 6) is 0.684. The van der Waals surface area contributed by atoms with Crippen LogP contribution in [0.4, 0.5) is 4.39 Å². The minimum atomic E-state index is -0.319. The Hall–Kier alpha value is -2.27. The molecule has 1 heterocycles. The summed E-state index contributed by atoms with van der Waals surface area (Å²) in [5, 5.41) is 3.29. The van der Waals surface area contributed by atoms with E-state index in [1.165, 1.54) is 12.1 Å². The highest BCUT2D eigenvalue weighted by atomic mass is 35.5. The first-order valence-electron chi connectivity index (χ1n) is 7.71. The molecule has 0 unspecified atom stereocenters. The predicted molar refractivity (Wildman–Crippen MR) is 89.0 cm³/mol. The maximum absolute atomic E-state index is 12.9. The number of fused-ring (bicyclic) bond motifs is 1. The van der Waals surface area contributed by atoms with Gasteiger partial charge in [0.05, 0.1) is 24.7 Å². The number of halogens is 2. The molecule has 1 N–H and O–H groups in total. The van der Waals surface area contributed by atoms with Crippen molar-refractivity contribution < 1.29 is 18.7 Å². The molecule has 0 bridgehead atoms. The van der Waals surface area contributed by atoms with E-state index in [1.807, 2.05) is 6.07 Å². The van der Waals surface area contributed by atoms with E-state index in [4.69, 9.17) is 21.1 Å². The molecule has 0 aliphatic carbocycles. The van der Waals surface area contributed by atoms with Crippen LogP contribution in [0.1, 0.15) is 17.5 Å². The van der Waals surface area contributed by atoms with E-state index >= 15 is 0 Å². The molecule has 6 heteroatoms. The van der Waals surface area contributed by atoms with Crippen molar-refractivity contribution in [1.82, 2.24) is 5.32 Å². The molecule has 0 atom stereocenters. The molecule has 4 nitrogen and oxygen atoms in total. The van der Waals surface area contributed by atoms with Crippen molar-refractivity contribution in [2.24, 2.45) is 0 Å². The number of carbonyl (C=O) groups is 1. The Labute approximate surface area is 144 Å². The van der Waals surface area contributed by atoms with E-state index in [0.29, 0.717) is 36.3 Å². The van der Waals surface area contributed by atoms with Gasteiger partial charge in [-0.3, -0.25) is 4.79 Å². The van der Waals surface area contributed by atoms with Crippen LogP contribution in [0, 0.1) is 5.82 Å². The standard InChI is InChI=1S/C18H17ClFNO3/c19-15-8-13(9-16-18(15)24-7-1-6-23-16)11-21-17(22)10-12-2-4-14(20)5-3-12/h2-5,8-9H,1,6-7,10-11H2,(H,21,22).